The van der Waals surface area contributed by atoms with Gasteiger partial charge in [0.25, 0.3) is 5.56 Å². The summed E-state index contributed by atoms with van der Waals surface area (Å²) in [5, 5.41) is 5.06. The second kappa shape index (κ2) is 7.97. The van der Waals surface area contributed by atoms with Crippen molar-refractivity contribution in [2.75, 3.05) is 5.32 Å². The molecule has 0 aliphatic heterocycles. The van der Waals surface area contributed by atoms with E-state index in [9.17, 15) is 14.0 Å². The number of amides is 1. The van der Waals surface area contributed by atoms with Crippen LogP contribution in [0.15, 0.2) is 65.0 Å². The molecule has 0 aliphatic rings. The van der Waals surface area contributed by atoms with Crippen molar-refractivity contribution in [3.8, 4) is 11.1 Å². The third-order valence-electron chi connectivity index (χ3n) is 4.68. The van der Waals surface area contributed by atoms with E-state index in [1.54, 1.807) is 12.1 Å². The van der Waals surface area contributed by atoms with E-state index in [4.69, 9.17) is 0 Å². The highest BCUT2D eigenvalue weighted by Crippen LogP contribution is 2.30. The molecule has 2 heterocycles. The van der Waals surface area contributed by atoms with E-state index in [1.807, 2.05) is 29.6 Å². The largest absolute Gasteiger partial charge is 0.325 e. The van der Waals surface area contributed by atoms with Crippen molar-refractivity contribution < 1.29 is 9.18 Å². The van der Waals surface area contributed by atoms with Crippen LogP contribution in [0.4, 0.5) is 10.1 Å². The lowest BCUT2D eigenvalue weighted by Crippen LogP contribution is -2.27. The molecule has 29 heavy (non-hydrogen) atoms. The molecule has 4 rings (SSSR count). The van der Waals surface area contributed by atoms with Crippen LogP contribution in [0.5, 0.6) is 0 Å². The Balaban J connectivity index is 1.61. The number of hydrogen-bond donors (Lipinski definition) is 1. The summed E-state index contributed by atoms with van der Waals surface area (Å²) in [4.78, 5) is 30.3. The molecule has 0 fully saturated rings. The number of aryl methyl sites for hydroxylation is 1. The molecule has 5 nitrogen and oxygen atoms in total. The van der Waals surface area contributed by atoms with Gasteiger partial charge in [-0.3, -0.25) is 14.2 Å². The minimum absolute atomic E-state index is 0.143. The summed E-state index contributed by atoms with van der Waals surface area (Å²) in [5.41, 5.74) is 2.98. The van der Waals surface area contributed by atoms with Crippen LogP contribution in [0.25, 0.3) is 21.3 Å². The van der Waals surface area contributed by atoms with Crippen LogP contribution in [-0.2, 0) is 17.8 Å². The quantitative estimate of drug-likeness (QED) is 0.531. The Morgan fingerprint density at radius 3 is 2.55 bits per heavy atom. The Labute approximate surface area is 170 Å². The standard InChI is InChI=1S/C22H18FN3O2S/c1-2-14-3-9-17(10-4-14)25-19(27)11-26-13-24-21-20(22(26)28)18(12-29-21)15-5-7-16(23)8-6-15/h3-10,12-13H,2,11H2,1H3,(H,25,27). The minimum atomic E-state index is -0.340. The van der Waals surface area contributed by atoms with Gasteiger partial charge in [0, 0.05) is 16.6 Å². The summed E-state index contributed by atoms with van der Waals surface area (Å²) in [6.07, 6.45) is 2.31. The van der Waals surface area contributed by atoms with E-state index < -0.39 is 0 Å². The number of carbonyl (C=O) groups excluding carboxylic acids is 1. The van der Waals surface area contributed by atoms with E-state index in [0.717, 1.165) is 12.0 Å². The summed E-state index contributed by atoms with van der Waals surface area (Å²) in [7, 11) is 0. The van der Waals surface area contributed by atoms with Crippen molar-refractivity contribution in [2.45, 2.75) is 19.9 Å². The van der Waals surface area contributed by atoms with Crippen molar-refractivity contribution in [3.63, 3.8) is 0 Å². The van der Waals surface area contributed by atoms with E-state index in [1.165, 1.54) is 39.9 Å². The smallest absolute Gasteiger partial charge is 0.263 e. The van der Waals surface area contributed by atoms with Crippen molar-refractivity contribution in [1.82, 2.24) is 9.55 Å². The molecule has 0 saturated heterocycles. The monoisotopic (exact) mass is 407 g/mol. The number of halogens is 1. The SMILES string of the molecule is CCc1ccc(NC(=O)Cn2cnc3scc(-c4ccc(F)cc4)c3c2=O)cc1. The van der Waals surface area contributed by atoms with Crippen LogP contribution in [0.3, 0.4) is 0 Å². The van der Waals surface area contributed by atoms with Gasteiger partial charge in [-0.15, -0.1) is 11.3 Å². The highest BCUT2D eigenvalue weighted by Gasteiger charge is 2.15. The average molecular weight is 407 g/mol. The van der Waals surface area contributed by atoms with Gasteiger partial charge >= 0.3 is 0 Å². The number of thiophene rings is 1. The maximum Gasteiger partial charge on any atom is 0.263 e. The summed E-state index contributed by atoms with van der Waals surface area (Å²) >= 11 is 1.34. The zero-order chi connectivity index (χ0) is 20.4. The molecule has 0 radical (unpaired) electrons. The van der Waals surface area contributed by atoms with Crippen LogP contribution in [-0.4, -0.2) is 15.5 Å². The Hall–Kier alpha value is -3.32. The molecule has 0 aliphatic carbocycles. The van der Waals surface area contributed by atoms with Gasteiger partial charge in [-0.05, 0) is 41.8 Å². The third kappa shape index (κ3) is 3.95. The number of rotatable bonds is 5. The topological polar surface area (TPSA) is 64.0 Å². The Kier molecular flexibility index (Phi) is 5.22. The Morgan fingerprint density at radius 2 is 1.86 bits per heavy atom. The molecule has 7 heteroatoms. The number of fused-ring (bicyclic) bond motifs is 1. The normalized spacial score (nSPS) is 11.0. The predicted molar refractivity (Wildman–Crippen MR) is 114 cm³/mol. The number of nitrogens with zero attached hydrogens (tertiary/aromatic N) is 2. The van der Waals surface area contributed by atoms with Crippen molar-refractivity contribution in [3.05, 3.63) is 82.0 Å². The molecule has 1 amide bonds. The fraction of sp³-hybridized carbons (Fsp3) is 0.136. The lowest BCUT2D eigenvalue weighted by Gasteiger charge is -2.08. The number of benzene rings is 2. The molecular formula is C22H18FN3O2S. The van der Waals surface area contributed by atoms with Crippen molar-refractivity contribution >= 4 is 33.1 Å². The van der Waals surface area contributed by atoms with Gasteiger partial charge in [0.05, 0.1) is 11.7 Å². The van der Waals surface area contributed by atoms with E-state index >= 15 is 0 Å². The fourth-order valence-electron chi connectivity index (χ4n) is 3.10. The number of carbonyl (C=O) groups is 1. The predicted octanol–water partition coefficient (Wildman–Crippen LogP) is 4.47. The average Bonchev–Trinajstić information content (AvgIpc) is 3.16. The van der Waals surface area contributed by atoms with E-state index in [0.29, 0.717) is 21.5 Å². The van der Waals surface area contributed by atoms with Gasteiger partial charge in [0.1, 0.15) is 17.2 Å². The summed E-state index contributed by atoms with van der Waals surface area (Å²) < 4.78 is 14.5. The lowest BCUT2D eigenvalue weighted by molar-refractivity contribution is -0.116. The van der Waals surface area contributed by atoms with Crippen LogP contribution in [0.2, 0.25) is 0 Å². The highest BCUT2D eigenvalue weighted by molar-refractivity contribution is 7.17. The molecular weight excluding hydrogens is 389 g/mol. The van der Waals surface area contributed by atoms with Crippen LogP contribution in [0.1, 0.15) is 12.5 Å². The van der Waals surface area contributed by atoms with E-state index in [2.05, 4.69) is 17.2 Å². The molecule has 0 saturated carbocycles. The van der Waals surface area contributed by atoms with Crippen molar-refractivity contribution in [2.24, 2.45) is 0 Å². The van der Waals surface area contributed by atoms with Gasteiger partial charge < -0.3 is 5.32 Å². The molecule has 4 aromatic rings. The lowest BCUT2D eigenvalue weighted by atomic mass is 10.1. The molecule has 0 unspecified atom stereocenters. The number of anilines is 1. The van der Waals surface area contributed by atoms with Crippen LogP contribution in [0, 0.1) is 5.82 Å². The first-order valence-electron chi connectivity index (χ1n) is 9.16. The molecule has 2 aromatic heterocycles. The fourth-order valence-corrected chi connectivity index (χ4v) is 4.01. The molecule has 0 spiro atoms. The first-order valence-corrected chi connectivity index (χ1v) is 10.0. The summed E-state index contributed by atoms with van der Waals surface area (Å²) in [6, 6.07) is 13.5. The number of nitrogens with one attached hydrogen (secondary N) is 1. The van der Waals surface area contributed by atoms with Crippen molar-refractivity contribution in [1.29, 1.82) is 0 Å². The first-order chi connectivity index (χ1) is 14.0. The highest BCUT2D eigenvalue weighted by atomic mass is 32.1. The van der Waals surface area contributed by atoms with Gasteiger partial charge in [0.15, 0.2) is 0 Å². The zero-order valence-electron chi connectivity index (χ0n) is 15.7. The minimum Gasteiger partial charge on any atom is -0.325 e. The molecule has 1 N–H and O–H groups in total. The molecule has 0 atom stereocenters. The van der Waals surface area contributed by atoms with Crippen LogP contribution >= 0.6 is 11.3 Å². The summed E-state index contributed by atoms with van der Waals surface area (Å²) in [6.45, 7) is 1.92. The maximum absolute atomic E-state index is 13.2. The number of hydrogen-bond acceptors (Lipinski definition) is 4. The number of aromatic nitrogens is 2. The first kappa shape index (κ1) is 19.0. The molecule has 2 aromatic carbocycles. The second-order valence-electron chi connectivity index (χ2n) is 6.61. The third-order valence-corrected chi connectivity index (χ3v) is 5.56. The summed E-state index contributed by atoms with van der Waals surface area (Å²) in [5.74, 6) is -0.650. The van der Waals surface area contributed by atoms with Gasteiger partial charge in [-0.25, -0.2) is 9.37 Å². The van der Waals surface area contributed by atoms with Crippen LogP contribution < -0.4 is 10.9 Å². The Morgan fingerprint density at radius 1 is 1.14 bits per heavy atom. The zero-order valence-corrected chi connectivity index (χ0v) is 16.5. The Bertz CT molecular complexity index is 1230. The second-order valence-corrected chi connectivity index (χ2v) is 7.47. The molecule has 0 bridgehead atoms. The molecule has 146 valence electrons. The van der Waals surface area contributed by atoms with E-state index in [-0.39, 0.29) is 23.8 Å². The maximum atomic E-state index is 13.2. The van der Waals surface area contributed by atoms with Gasteiger partial charge in [-0.2, -0.15) is 0 Å². The van der Waals surface area contributed by atoms with Gasteiger partial charge in [0.2, 0.25) is 5.91 Å². The van der Waals surface area contributed by atoms with Gasteiger partial charge in [-0.1, -0.05) is 31.2 Å².